The third-order valence-electron chi connectivity index (χ3n) is 6.18. The van der Waals surface area contributed by atoms with E-state index in [0.29, 0.717) is 30.4 Å². The molecule has 3 aliphatic carbocycles. The molecule has 2 bridgehead atoms. The van der Waals surface area contributed by atoms with Crippen molar-refractivity contribution in [1.82, 2.24) is 4.31 Å². The fraction of sp³-hybridized carbons (Fsp3) is 0.667. The molecule has 0 N–H and O–H groups in total. The highest BCUT2D eigenvalue weighted by Gasteiger charge is 2.61. The Labute approximate surface area is 163 Å². The first-order valence-corrected chi connectivity index (χ1v) is 11.3. The number of nitrogens with zero attached hydrogens (tertiary/aromatic N) is 2. The lowest BCUT2D eigenvalue weighted by atomic mass is 9.49. The fourth-order valence-electron chi connectivity index (χ4n) is 4.50. The van der Waals surface area contributed by atoms with Gasteiger partial charge in [0, 0.05) is 31.8 Å². The number of hydrogen-bond donors (Lipinski definition) is 0. The lowest BCUT2D eigenvalue weighted by Gasteiger charge is -2.67. The highest BCUT2D eigenvalue weighted by atomic mass is 79.9. The zero-order valence-corrected chi connectivity index (χ0v) is 17.8. The summed E-state index contributed by atoms with van der Waals surface area (Å²) >= 11 is 3.53. The van der Waals surface area contributed by atoms with Crippen LogP contribution in [0.15, 0.2) is 21.5 Å². The van der Waals surface area contributed by atoms with Gasteiger partial charge in [0.15, 0.2) is 0 Å². The van der Waals surface area contributed by atoms with Gasteiger partial charge in [-0.2, -0.15) is 4.31 Å². The van der Waals surface area contributed by atoms with Crippen molar-refractivity contribution < 1.29 is 17.9 Å². The molecule has 1 atom stereocenters. The number of anilines is 1. The molecule has 5 rings (SSSR count). The van der Waals surface area contributed by atoms with Crippen LogP contribution in [-0.4, -0.2) is 58.2 Å². The average Bonchev–Trinajstić information content (AvgIpc) is 2.59. The quantitative estimate of drug-likeness (QED) is 0.698. The van der Waals surface area contributed by atoms with Crippen LogP contribution >= 0.6 is 15.9 Å². The van der Waals surface area contributed by atoms with Gasteiger partial charge in [-0.15, -0.1) is 0 Å². The van der Waals surface area contributed by atoms with Gasteiger partial charge < -0.3 is 14.4 Å². The van der Waals surface area contributed by atoms with Crippen molar-refractivity contribution in [3.05, 3.63) is 16.6 Å². The summed E-state index contributed by atoms with van der Waals surface area (Å²) in [5, 5.41) is 0. The van der Waals surface area contributed by atoms with Gasteiger partial charge in [-0.25, -0.2) is 8.42 Å². The van der Waals surface area contributed by atoms with Gasteiger partial charge in [-0.05, 0) is 54.1 Å². The van der Waals surface area contributed by atoms with Gasteiger partial charge in [0.25, 0.3) is 0 Å². The smallest absolute Gasteiger partial charge is 0.245 e. The van der Waals surface area contributed by atoms with E-state index in [1.165, 1.54) is 4.31 Å². The molecule has 0 amide bonds. The van der Waals surface area contributed by atoms with Crippen molar-refractivity contribution in [3.8, 4) is 5.75 Å². The minimum absolute atomic E-state index is 0.110. The molecule has 0 radical (unpaired) electrons. The van der Waals surface area contributed by atoms with Gasteiger partial charge in [-0.1, -0.05) is 0 Å². The van der Waals surface area contributed by atoms with Crippen LogP contribution in [0.3, 0.4) is 0 Å². The van der Waals surface area contributed by atoms with E-state index in [2.05, 4.69) is 20.8 Å². The van der Waals surface area contributed by atoms with E-state index in [4.69, 9.17) is 9.47 Å². The molecule has 1 aromatic carbocycles. The molecule has 4 aliphatic rings. The largest absolute Gasteiger partial charge is 0.496 e. The van der Waals surface area contributed by atoms with Gasteiger partial charge in [0.05, 0.1) is 29.9 Å². The number of rotatable bonds is 5. The lowest BCUT2D eigenvalue weighted by Crippen LogP contribution is -2.70. The molecule has 8 heteroatoms. The SMILES string of the molecule is CCOCC1CN(C23CC(C2)C3)c2cc(Br)c(OC)cc2S(=O)(=O)N1C. The molecule has 144 valence electrons. The van der Waals surface area contributed by atoms with Crippen LogP contribution in [0, 0.1) is 5.92 Å². The molecule has 1 heterocycles. The average molecular weight is 445 g/mol. The third-order valence-corrected chi connectivity index (χ3v) is 8.74. The summed E-state index contributed by atoms with van der Waals surface area (Å²) in [5.41, 5.74) is 0.889. The molecule has 3 fully saturated rings. The van der Waals surface area contributed by atoms with Crippen LogP contribution < -0.4 is 9.64 Å². The number of hydrogen-bond acceptors (Lipinski definition) is 5. The molecule has 1 aliphatic heterocycles. The summed E-state index contributed by atoms with van der Waals surface area (Å²) in [7, 11) is -0.428. The third kappa shape index (κ3) is 2.60. The van der Waals surface area contributed by atoms with Crippen molar-refractivity contribution in [2.45, 2.75) is 42.7 Å². The molecule has 6 nitrogen and oxygen atoms in total. The molecule has 26 heavy (non-hydrogen) atoms. The van der Waals surface area contributed by atoms with Crippen LogP contribution in [0.2, 0.25) is 0 Å². The van der Waals surface area contributed by atoms with Crippen molar-refractivity contribution in [2.24, 2.45) is 5.92 Å². The Balaban J connectivity index is 1.85. The zero-order chi connectivity index (χ0) is 18.7. The number of ether oxygens (including phenoxy) is 2. The molecule has 3 saturated carbocycles. The summed E-state index contributed by atoms with van der Waals surface area (Å²) in [6.07, 6.45) is 3.46. The minimum Gasteiger partial charge on any atom is -0.496 e. The second kappa shape index (κ2) is 6.36. The normalized spacial score (nSPS) is 32.2. The van der Waals surface area contributed by atoms with Crippen molar-refractivity contribution in [3.63, 3.8) is 0 Å². The van der Waals surface area contributed by atoms with Gasteiger partial charge >= 0.3 is 0 Å². The van der Waals surface area contributed by atoms with Crippen LogP contribution in [-0.2, 0) is 14.8 Å². The number of fused-ring (bicyclic) bond motifs is 1. The maximum atomic E-state index is 13.3. The Bertz CT molecular complexity index is 812. The number of sulfonamides is 1. The summed E-state index contributed by atoms with van der Waals surface area (Å²) < 4.78 is 39.9. The first-order chi connectivity index (χ1) is 12.3. The molecular formula is C18H25BrN2O4S. The first kappa shape index (κ1) is 18.5. The van der Waals surface area contributed by atoms with E-state index >= 15 is 0 Å². The maximum Gasteiger partial charge on any atom is 0.245 e. The summed E-state index contributed by atoms with van der Waals surface area (Å²) in [6.45, 7) is 3.55. The van der Waals surface area contributed by atoms with Crippen molar-refractivity contribution >= 4 is 31.6 Å². The number of halogens is 1. The summed E-state index contributed by atoms with van der Waals surface area (Å²) in [6, 6.07) is 3.33. The van der Waals surface area contributed by atoms with Crippen LogP contribution in [0.1, 0.15) is 26.2 Å². The first-order valence-electron chi connectivity index (χ1n) is 9.03. The molecule has 0 saturated heterocycles. The van der Waals surface area contributed by atoms with Crippen molar-refractivity contribution in [1.29, 1.82) is 0 Å². The van der Waals surface area contributed by atoms with E-state index in [-0.39, 0.29) is 11.6 Å². The predicted octanol–water partition coefficient (Wildman–Crippen LogP) is 2.86. The maximum absolute atomic E-state index is 13.3. The molecule has 1 unspecified atom stereocenters. The van der Waals surface area contributed by atoms with Crippen molar-refractivity contribution in [2.75, 3.05) is 38.8 Å². The second-order valence-electron chi connectivity index (χ2n) is 7.60. The van der Waals surface area contributed by atoms with Gasteiger partial charge in [0.1, 0.15) is 10.6 Å². The second-order valence-corrected chi connectivity index (χ2v) is 10.4. The summed E-state index contributed by atoms with van der Waals surface area (Å²) in [5.74, 6) is 1.34. The molecule has 0 aromatic heterocycles. The van der Waals surface area contributed by atoms with E-state index in [9.17, 15) is 8.42 Å². The van der Waals surface area contributed by atoms with Gasteiger partial charge in [-0.3, -0.25) is 0 Å². The Hall–Kier alpha value is -0.830. The van der Waals surface area contributed by atoms with Crippen LogP contribution in [0.25, 0.3) is 0 Å². The zero-order valence-electron chi connectivity index (χ0n) is 15.4. The summed E-state index contributed by atoms with van der Waals surface area (Å²) in [4.78, 5) is 2.65. The minimum atomic E-state index is -3.64. The number of methoxy groups -OCH3 is 1. The monoisotopic (exact) mass is 444 g/mol. The standard InChI is InChI=1S/C18H25BrN2O4S/c1-4-25-11-13-10-21(18-7-12(8-18)9-18)15-5-14(19)16(24-3)6-17(15)26(22,23)20(13)2/h5-6,12-13H,4,7-11H2,1-3H3. The van der Waals surface area contributed by atoms with Crippen LogP contribution in [0.5, 0.6) is 5.75 Å². The molecular weight excluding hydrogens is 420 g/mol. The fourth-order valence-corrected chi connectivity index (χ4v) is 6.51. The number of likely N-dealkylation sites (N-methyl/N-ethyl adjacent to an activating group) is 1. The topological polar surface area (TPSA) is 59.1 Å². The number of benzene rings is 1. The lowest BCUT2D eigenvalue weighted by molar-refractivity contribution is -0.0287. The van der Waals surface area contributed by atoms with Crippen LogP contribution in [0.4, 0.5) is 5.69 Å². The van der Waals surface area contributed by atoms with E-state index in [1.807, 2.05) is 13.0 Å². The van der Waals surface area contributed by atoms with Gasteiger partial charge in [0.2, 0.25) is 10.0 Å². The van der Waals surface area contributed by atoms with E-state index < -0.39 is 10.0 Å². The Morgan fingerprint density at radius 1 is 1.31 bits per heavy atom. The predicted molar refractivity (Wildman–Crippen MR) is 103 cm³/mol. The van der Waals surface area contributed by atoms with E-state index in [1.54, 1.807) is 20.2 Å². The highest BCUT2D eigenvalue weighted by molar-refractivity contribution is 9.10. The Morgan fingerprint density at radius 3 is 2.54 bits per heavy atom. The van der Waals surface area contributed by atoms with E-state index in [0.717, 1.165) is 35.3 Å². The highest BCUT2D eigenvalue weighted by Crippen LogP contribution is 2.62. The Morgan fingerprint density at radius 2 is 2.00 bits per heavy atom. The molecule has 0 spiro atoms. The molecule has 1 aromatic rings. The Kier molecular flexibility index (Phi) is 4.53.